The minimum absolute atomic E-state index is 0.0867. The van der Waals surface area contributed by atoms with E-state index in [1.54, 1.807) is 0 Å². The molecule has 0 bridgehead atoms. The van der Waals surface area contributed by atoms with E-state index < -0.39 is 0 Å². The first kappa shape index (κ1) is 12.2. The van der Waals surface area contributed by atoms with Crippen molar-refractivity contribution < 1.29 is 9.53 Å². The molecule has 2 N–H and O–H groups in total. The first-order valence-electron chi connectivity index (χ1n) is 5.51. The van der Waals surface area contributed by atoms with Crippen LogP contribution < -0.4 is 10.6 Å². The van der Waals surface area contributed by atoms with E-state index in [2.05, 4.69) is 17.2 Å². The Balaban J connectivity index is 1.79. The maximum absolute atomic E-state index is 11.2. The lowest BCUT2D eigenvalue weighted by molar-refractivity contribution is -0.120. The molecule has 1 aliphatic carbocycles. The highest BCUT2D eigenvalue weighted by molar-refractivity contribution is 5.78. The average Bonchev–Trinajstić information content (AvgIpc) is 3.00. The van der Waals surface area contributed by atoms with Gasteiger partial charge in [0.05, 0.1) is 19.8 Å². The molecule has 86 valence electrons. The zero-order valence-electron chi connectivity index (χ0n) is 9.13. The summed E-state index contributed by atoms with van der Waals surface area (Å²) in [6.07, 6.45) is 4.98. The van der Waals surface area contributed by atoms with Crippen LogP contribution in [-0.2, 0) is 9.53 Å². The first-order valence-corrected chi connectivity index (χ1v) is 5.51. The summed E-state index contributed by atoms with van der Waals surface area (Å²) < 4.78 is 5.28. The molecule has 0 aliphatic heterocycles. The van der Waals surface area contributed by atoms with Crippen molar-refractivity contribution in [3.05, 3.63) is 12.7 Å². The quantitative estimate of drug-likeness (QED) is 0.431. The molecule has 0 aromatic carbocycles. The summed E-state index contributed by atoms with van der Waals surface area (Å²) in [5, 5.41) is 5.94. The molecule has 0 aromatic heterocycles. The summed E-state index contributed by atoms with van der Waals surface area (Å²) in [4.78, 5) is 11.2. The van der Waals surface area contributed by atoms with E-state index in [4.69, 9.17) is 4.74 Å². The van der Waals surface area contributed by atoms with Gasteiger partial charge in [0.25, 0.3) is 0 Å². The predicted octanol–water partition coefficient (Wildman–Crippen LogP) is 0.447. The van der Waals surface area contributed by atoms with E-state index in [1.807, 2.05) is 6.08 Å². The molecule has 1 fully saturated rings. The van der Waals surface area contributed by atoms with Crippen LogP contribution >= 0.6 is 0 Å². The lowest BCUT2D eigenvalue weighted by atomic mass is 10.4. The predicted molar refractivity (Wildman–Crippen MR) is 59.7 cm³/mol. The van der Waals surface area contributed by atoms with E-state index >= 15 is 0 Å². The van der Waals surface area contributed by atoms with Crippen LogP contribution in [0.1, 0.15) is 19.3 Å². The molecule has 0 heterocycles. The maximum Gasteiger partial charge on any atom is 0.234 e. The number of amides is 1. The van der Waals surface area contributed by atoms with Gasteiger partial charge in [-0.2, -0.15) is 0 Å². The van der Waals surface area contributed by atoms with Crippen LogP contribution in [0.3, 0.4) is 0 Å². The van der Waals surface area contributed by atoms with Gasteiger partial charge in [-0.15, -0.1) is 6.58 Å². The van der Waals surface area contributed by atoms with Gasteiger partial charge in [-0.05, 0) is 19.3 Å². The lowest BCUT2D eigenvalue weighted by Gasteiger charge is -2.05. The van der Waals surface area contributed by atoms with Crippen molar-refractivity contribution in [2.75, 3.05) is 26.3 Å². The fraction of sp³-hybridized carbons (Fsp3) is 0.727. The third-order valence-electron chi connectivity index (χ3n) is 2.12. The molecule has 4 heteroatoms. The molecule has 1 amide bonds. The summed E-state index contributed by atoms with van der Waals surface area (Å²) in [5.41, 5.74) is 0. The van der Waals surface area contributed by atoms with Crippen molar-refractivity contribution in [3.8, 4) is 0 Å². The van der Waals surface area contributed by atoms with Gasteiger partial charge in [-0.1, -0.05) is 6.08 Å². The molecule has 4 nitrogen and oxygen atoms in total. The average molecular weight is 212 g/mol. The Bertz CT molecular complexity index is 203. The van der Waals surface area contributed by atoms with Gasteiger partial charge < -0.3 is 15.4 Å². The van der Waals surface area contributed by atoms with E-state index in [0.717, 1.165) is 25.8 Å². The third-order valence-corrected chi connectivity index (χ3v) is 2.12. The highest BCUT2D eigenvalue weighted by Gasteiger charge is 2.22. The van der Waals surface area contributed by atoms with Crippen molar-refractivity contribution in [2.24, 2.45) is 0 Å². The van der Waals surface area contributed by atoms with Crippen LogP contribution in [0.15, 0.2) is 12.7 Å². The molecule has 1 rings (SSSR count). The van der Waals surface area contributed by atoms with Crippen molar-refractivity contribution in [2.45, 2.75) is 25.3 Å². The Labute approximate surface area is 91.1 Å². The number of ether oxygens (including phenoxy) is 1. The van der Waals surface area contributed by atoms with Crippen molar-refractivity contribution in [3.63, 3.8) is 0 Å². The number of carbonyl (C=O) groups excluding carboxylic acids is 1. The lowest BCUT2D eigenvalue weighted by Crippen LogP contribution is -2.36. The van der Waals surface area contributed by atoms with Crippen molar-refractivity contribution >= 4 is 5.91 Å². The molecule has 0 unspecified atom stereocenters. The summed E-state index contributed by atoms with van der Waals surface area (Å²) in [5.74, 6) is 0.0867. The largest absolute Gasteiger partial charge is 0.380 e. The minimum atomic E-state index is 0.0867. The Hall–Kier alpha value is -0.870. The van der Waals surface area contributed by atoms with Gasteiger partial charge >= 0.3 is 0 Å². The van der Waals surface area contributed by atoms with Crippen LogP contribution in [0.2, 0.25) is 0 Å². The monoisotopic (exact) mass is 212 g/mol. The minimum Gasteiger partial charge on any atom is -0.380 e. The highest BCUT2D eigenvalue weighted by atomic mass is 16.5. The summed E-state index contributed by atoms with van der Waals surface area (Å²) >= 11 is 0. The van der Waals surface area contributed by atoms with Gasteiger partial charge in [0.15, 0.2) is 0 Å². The zero-order chi connectivity index (χ0) is 10.9. The fourth-order valence-corrected chi connectivity index (χ4v) is 1.12. The van der Waals surface area contributed by atoms with E-state index in [-0.39, 0.29) is 5.91 Å². The molecular weight excluding hydrogens is 192 g/mol. The van der Waals surface area contributed by atoms with E-state index in [9.17, 15) is 4.79 Å². The molecule has 0 radical (unpaired) electrons. The number of nitrogens with one attached hydrogen (secondary N) is 2. The molecule has 1 saturated carbocycles. The molecular formula is C11H20N2O2. The van der Waals surface area contributed by atoms with Gasteiger partial charge in [0.2, 0.25) is 5.91 Å². The van der Waals surface area contributed by atoms with Crippen LogP contribution in [0.25, 0.3) is 0 Å². The Morgan fingerprint density at radius 3 is 2.93 bits per heavy atom. The summed E-state index contributed by atoms with van der Waals surface area (Å²) in [6.45, 7) is 6.06. The van der Waals surface area contributed by atoms with Crippen LogP contribution in [0, 0.1) is 0 Å². The second-order valence-electron chi connectivity index (χ2n) is 3.71. The van der Waals surface area contributed by atoms with Gasteiger partial charge in [0.1, 0.15) is 0 Å². The number of hydrogen-bond acceptors (Lipinski definition) is 3. The fourth-order valence-electron chi connectivity index (χ4n) is 1.12. The van der Waals surface area contributed by atoms with E-state index in [1.165, 1.54) is 0 Å². The molecule has 0 aromatic rings. The number of carbonyl (C=O) groups is 1. The second-order valence-corrected chi connectivity index (χ2v) is 3.71. The maximum atomic E-state index is 11.2. The van der Waals surface area contributed by atoms with Crippen LogP contribution in [0.4, 0.5) is 0 Å². The third kappa shape index (κ3) is 7.11. The van der Waals surface area contributed by atoms with Crippen LogP contribution in [-0.4, -0.2) is 38.3 Å². The van der Waals surface area contributed by atoms with Crippen molar-refractivity contribution in [1.82, 2.24) is 10.6 Å². The molecule has 0 atom stereocenters. The molecule has 15 heavy (non-hydrogen) atoms. The first-order chi connectivity index (χ1) is 7.33. The summed E-state index contributed by atoms with van der Waals surface area (Å²) in [7, 11) is 0. The molecule has 0 saturated heterocycles. The number of hydrogen-bond donors (Lipinski definition) is 2. The molecule has 0 spiro atoms. The second kappa shape index (κ2) is 7.43. The topological polar surface area (TPSA) is 50.4 Å². The smallest absolute Gasteiger partial charge is 0.234 e. The Morgan fingerprint density at radius 1 is 1.47 bits per heavy atom. The van der Waals surface area contributed by atoms with Gasteiger partial charge in [-0.3, -0.25) is 4.79 Å². The molecule has 1 aliphatic rings. The number of rotatable bonds is 9. The Morgan fingerprint density at radius 2 is 2.27 bits per heavy atom. The van der Waals surface area contributed by atoms with E-state index in [0.29, 0.717) is 25.8 Å². The SMILES string of the molecule is C=CCCOCCNCC(=O)NC1CC1. The van der Waals surface area contributed by atoms with Crippen LogP contribution in [0.5, 0.6) is 0 Å². The highest BCUT2D eigenvalue weighted by Crippen LogP contribution is 2.17. The Kier molecular flexibility index (Phi) is 6.04. The normalized spacial score (nSPS) is 14.9. The van der Waals surface area contributed by atoms with Gasteiger partial charge in [-0.25, -0.2) is 0 Å². The van der Waals surface area contributed by atoms with Crippen molar-refractivity contribution in [1.29, 1.82) is 0 Å². The summed E-state index contributed by atoms with van der Waals surface area (Å²) in [6, 6.07) is 0.447. The zero-order valence-corrected chi connectivity index (χ0v) is 9.13. The van der Waals surface area contributed by atoms with Gasteiger partial charge in [0, 0.05) is 12.6 Å². The standard InChI is InChI=1S/C11H20N2O2/c1-2-3-7-15-8-6-12-9-11(14)13-10-4-5-10/h2,10,12H,1,3-9H2,(H,13,14).